The Hall–Kier alpha value is -2.48. The van der Waals surface area contributed by atoms with Crippen LogP contribution in [-0.2, 0) is 7.05 Å². The number of amides is 1. The summed E-state index contributed by atoms with van der Waals surface area (Å²) in [4.78, 5) is 23.1. The van der Waals surface area contributed by atoms with E-state index in [4.69, 9.17) is 16.7 Å². The van der Waals surface area contributed by atoms with Crippen LogP contribution in [0.3, 0.4) is 0 Å². The molecule has 0 fully saturated rings. The summed E-state index contributed by atoms with van der Waals surface area (Å²) in [5.41, 5.74) is -0.337. The van der Waals surface area contributed by atoms with E-state index in [9.17, 15) is 18.4 Å². The molecule has 0 unspecified atom stereocenters. The van der Waals surface area contributed by atoms with Crippen molar-refractivity contribution in [2.45, 2.75) is 19.4 Å². The number of carboxylic acids is 1. The van der Waals surface area contributed by atoms with Crippen LogP contribution in [0.1, 0.15) is 51.4 Å². The lowest BCUT2D eigenvalue weighted by Gasteiger charge is -2.14. The van der Waals surface area contributed by atoms with Crippen LogP contribution < -0.4 is 5.32 Å². The summed E-state index contributed by atoms with van der Waals surface area (Å²) in [6.07, 6.45) is -2.94. The van der Waals surface area contributed by atoms with E-state index in [0.29, 0.717) is 5.56 Å². The smallest absolute Gasteiger partial charge is 0.335 e. The first kappa shape index (κ1) is 17.9. The maximum atomic E-state index is 13.0. The first-order valence-corrected chi connectivity index (χ1v) is 7.24. The summed E-state index contributed by atoms with van der Waals surface area (Å²) in [7, 11) is 1.36. The van der Waals surface area contributed by atoms with Crippen molar-refractivity contribution >= 4 is 23.5 Å². The molecule has 1 amide bonds. The second-order valence-electron chi connectivity index (χ2n) is 5.10. The van der Waals surface area contributed by atoms with Crippen molar-refractivity contribution in [1.82, 2.24) is 15.1 Å². The number of hydrogen-bond acceptors (Lipinski definition) is 3. The summed E-state index contributed by atoms with van der Waals surface area (Å²) in [6, 6.07) is 5.31. The first-order chi connectivity index (χ1) is 11.2. The summed E-state index contributed by atoms with van der Waals surface area (Å²) in [5, 5.41) is 14.8. The summed E-state index contributed by atoms with van der Waals surface area (Å²) in [6.45, 7) is 1.64. The van der Waals surface area contributed by atoms with Crippen LogP contribution in [0, 0.1) is 0 Å². The van der Waals surface area contributed by atoms with Crippen molar-refractivity contribution in [3.05, 3.63) is 51.8 Å². The molecule has 0 aliphatic heterocycles. The van der Waals surface area contributed by atoms with Crippen LogP contribution >= 0.6 is 11.6 Å². The van der Waals surface area contributed by atoms with Gasteiger partial charge in [0.15, 0.2) is 0 Å². The summed E-state index contributed by atoms with van der Waals surface area (Å²) < 4.78 is 27.0. The molecule has 1 heterocycles. The number of carbonyl (C=O) groups is 2. The van der Waals surface area contributed by atoms with E-state index in [1.165, 1.54) is 31.3 Å². The van der Waals surface area contributed by atoms with Crippen molar-refractivity contribution in [3.63, 3.8) is 0 Å². The average molecular weight is 358 g/mol. The Bertz CT molecular complexity index is 775. The zero-order chi connectivity index (χ0) is 18.0. The number of nitrogens with zero attached hydrogens (tertiary/aromatic N) is 2. The van der Waals surface area contributed by atoms with Crippen molar-refractivity contribution in [2.75, 3.05) is 0 Å². The van der Waals surface area contributed by atoms with E-state index in [2.05, 4.69) is 10.4 Å². The molecule has 0 bridgehead atoms. The molecule has 0 saturated heterocycles. The molecule has 2 rings (SSSR count). The monoisotopic (exact) mass is 357 g/mol. The number of nitrogens with one attached hydrogen (secondary N) is 1. The fraction of sp³-hybridized carbons (Fsp3) is 0.267. The van der Waals surface area contributed by atoms with Crippen LogP contribution in [0.4, 0.5) is 8.78 Å². The number of carboxylic acid groups (broad SMARTS) is 1. The number of hydrogen-bond donors (Lipinski definition) is 2. The fourth-order valence-corrected chi connectivity index (χ4v) is 2.37. The number of halogens is 3. The van der Waals surface area contributed by atoms with Gasteiger partial charge in [-0.1, -0.05) is 23.7 Å². The Morgan fingerprint density at radius 2 is 1.88 bits per heavy atom. The predicted octanol–water partition coefficient (Wildman–Crippen LogP) is 3.20. The fourth-order valence-electron chi connectivity index (χ4n) is 2.15. The van der Waals surface area contributed by atoms with Gasteiger partial charge in [0, 0.05) is 7.05 Å². The van der Waals surface area contributed by atoms with Gasteiger partial charge in [-0.2, -0.15) is 5.10 Å². The second kappa shape index (κ2) is 6.96. The van der Waals surface area contributed by atoms with Gasteiger partial charge in [0.1, 0.15) is 16.4 Å². The van der Waals surface area contributed by atoms with E-state index in [-0.39, 0.29) is 16.3 Å². The largest absolute Gasteiger partial charge is 0.478 e. The van der Waals surface area contributed by atoms with Gasteiger partial charge in [-0.15, -0.1) is 0 Å². The molecule has 0 aliphatic carbocycles. The van der Waals surface area contributed by atoms with Crippen LogP contribution in [0.2, 0.25) is 5.15 Å². The molecule has 6 nitrogen and oxygen atoms in total. The molecule has 128 valence electrons. The third-order valence-corrected chi connectivity index (χ3v) is 3.88. The lowest BCUT2D eigenvalue weighted by atomic mass is 10.1. The standard InChI is InChI=1S/C15H14ClF2N3O3/c1-7(8-3-5-9(6-4-8)15(23)24)19-14(22)10-11(13(17)18)20-21(2)12(10)16/h3-7,13H,1-2H3,(H,19,22)(H,23,24)/t7-/m0/s1. The Kier molecular flexibility index (Phi) is 5.18. The number of benzene rings is 1. The predicted molar refractivity (Wildman–Crippen MR) is 82.5 cm³/mol. The van der Waals surface area contributed by atoms with E-state index in [1.807, 2.05) is 0 Å². The molecular weight excluding hydrogens is 344 g/mol. The Balaban J connectivity index is 2.22. The van der Waals surface area contributed by atoms with Gasteiger partial charge in [-0.3, -0.25) is 9.48 Å². The molecule has 0 radical (unpaired) electrons. The molecule has 1 atom stereocenters. The van der Waals surface area contributed by atoms with Crippen molar-refractivity contribution in [2.24, 2.45) is 7.05 Å². The van der Waals surface area contributed by atoms with Gasteiger partial charge >= 0.3 is 5.97 Å². The summed E-state index contributed by atoms with van der Waals surface area (Å²) in [5.74, 6) is -1.85. The number of alkyl halides is 2. The van der Waals surface area contributed by atoms with Crippen molar-refractivity contribution in [1.29, 1.82) is 0 Å². The van der Waals surface area contributed by atoms with Gasteiger partial charge in [-0.25, -0.2) is 13.6 Å². The van der Waals surface area contributed by atoms with Crippen LogP contribution in [0.25, 0.3) is 0 Å². The third-order valence-electron chi connectivity index (χ3n) is 3.44. The topological polar surface area (TPSA) is 84.2 Å². The molecule has 2 N–H and O–H groups in total. The minimum atomic E-state index is -2.94. The minimum Gasteiger partial charge on any atom is -0.478 e. The number of aromatic carboxylic acids is 1. The Labute approximate surface area is 141 Å². The SMILES string of the molecule is C[C@H](NC(=O)c1c(C(F)F)nn(C)c1Cl)c1ccc(C(=O)O)cc1. The number of rotatable bonds is 5. The van der Waals surface area contributed by atoms with Crippen molar-refractivity contribution in [3.8, 4) is 0 Å². The molecule has 24 heavy (non-hydrogen) atoms. The third kappa shape index (κ3) is 3.53. The number of aryl methyl sites for hydroxylation is 1. The van der Waals surface area contributed by atoms with Gasteiger partial charge < -0.3 is 10.4 Å². The lowest BCUT2D eigenvalue weighted by Crippen LogP contribution is -2.27. The summed E-state index contributed by atoms with van der Waals surface area (Å²) >= 11 is 5.88. The van der Waals surface area contributed by atoms with E-state index < -0.39 is 30.0 Å². The van der Waals surface area contributed by atoms with Gasteiger partial charge in [0.25, 0.3) is 12.3 Å². The highest BCUT2D eigenvalue weighted by molar-refractivity contribution is 6.33. The zero-order valence-corrected chi connectivity index (χ0v) is 13.5. The molecule has 1 aromatic carbocycles. The Morgan fingerprint density at radius 1 is 1.29 bits per heavy atom. The average Bonchev–Trinajstić information content (AvgIpc) is 2.83. The molecule has 0 spiro atoms. The molecule has 2 aromatic rings. The maximum Gasteiger partial charge on any atom is 0.335 e. The molecule has 1 aromatic heterocycles. The minimum absolute atomic E-state index is 0.104. The highest BCUT2D eigenvalue weighted by atomic mass is 35.5. The quantitative estimate of drug-likeness (QED) is 0.860. The molecule has 0 aliphatic rings. The van der Waals surface area contributed by atoms with Gasteiger partial charge in [-0.05, 0) is 24.6 Å². The Morgan fingerprint density at radius 3 is 2.38 bits per heavy atom. The van der Waals surface area contributed by atoms with Crippen LogP contribution in [0.5, 0.6) is 0 Å². The van der Waals surface area contributed by atoms with Crippen molar-refractivity contribution < 1.29 is 23.5 Å². The van der Waals surface area contributed by atoms with E-state index >= 15 is 0 Å². The highest BCUT2D eigenvalue weighted by Crippen LogP contribution is 2.28. The lowest BCUT2D eigenvalue weighted by molar-refractivity contribution is 0.0696. The van der Waals surface area contributed by atoms with Crippen LogP contribution in [0.15, 0.2) is 24.3 Å². The molecule has 9 heteroatoms. The van der Waals surface area contributed by atoms with E-state index in [1.54, 1.807) is 6.92 Å². The first-order valence-electron chi connectivity index (χ1n) is 6.87. The second-order valence-corrected chi connectivity index (χ2v) is 5.46. The number of carbonyl (C=O) groups excluding carboxylic acids is 1. The number of aromatic nitrogens is 2. The maximum absolute atomic E-state index is 13.0. The van der Waals surface area contributed by atoms with Gasteiger partial charge in [0.2, 0.25) is 0 Å². The molecular formula is C15H14ClF2N3O3. The molecule has 0 saturated carbocycles. The van der Waals surface area contributed by atoms with Gasteiger partial charge in [0.05, 0.1) is 11.6 Å². The van der Waals surface area contributed by atoms with E-state index in [0.717, 1.165) is 4.68 Å². The normalized spacial score (nSPS) is 12.2. The highest BCUT2D eigenvalue weighted by Gasteiger charge is 2.28. The van der Waals surface area contributed by atoms with Crippen LogP contribution in [-0.4, -0.2) is 26.8 Å². The zero-order valence-electron chi connectivity index (χ0n) is 12.8.